The van der Waals surface area contributed by atoms with Crippen molar-refractivity contribution < 1.29 is 5.11 Å². The van der Waals surface area contributed by atoms with E-state index in [0.717, 1.165) is 11.4 Å². The van der Waals surface area contributed by atoms with E-state index >= 15 is 0 Å². The quantitative estimate of drug-likeness (QED) is 0.674. The number of aliphatic hydroxyl groups is 1. The molecule has 1 rings (SSSR count). The van der Waals surface area contributed by atoms with Crippen molar-refractivity contribution in [2.75, 3.05) is 6.61 Å². The molecule has 2 N–H and O–H groups in total. The molecule has 0 spiro atoms. The largest absolute Gasteiger partial charge is 0.394 e. The summed E-state index contributed by atoms with van der Waals surface area (Å²) in [5.41, 5.74) is 0. The predicted molar refractivity (Wildman–Crippen MR) is 42.4 cm³/mol. The molecular weight excluding hydrogens is 162 g/mol. The normalized spacial score (nSPS) is 10.4. The Hall–Kier alpha value is -0.680. The fraction of sp³-hybridized carbons (Fsp3) is 0.667. The molecule has 0 aliphatic carbocycles. The summed E-state index contributed by atoms with van der Waals surface area (Å²) in [6, 6.07) is 0. The number of rotatable bonds is 3. The summed E-state index contributed by atoms with van der Waals surface area (Å²) in [7, 11) is 0. The van der Waals surface area contributed by atoms with E-state index in [1.54, 1.807) is 0 Å². The molecule has 62 valence electrons. The van der Waals surface area contributed by atoms with Crippen LogP contribution in [-0.2, 0) is 13.0 Å². The van der Waals surface area contributed by atoms with Gasteiger partial charge < -0.3 is 5.11 Å². The maximum absolute atomic E-state index is 8.59. The van der Waals surface area contributed by atoms with Crippen LogP contribution in [0.4, 0.5) is 0 Å². The Bertz CT molecular complexity index is 278. The fourth-order valence-corrected chi connectivity index (χ4v) is 1.50. The van der Waals surface area contributed by atoms with Crippen LogP contribution in [-0.4, -0.2) is 21.5 Å². The monoisotopic (exact) mass is 173 g/mol. The maximum atomic E-state index is 8.59. The molecule has 0 aromatic carbocycles. The summed E-state index contributed by atoms with van der Waals surface area (Å²) in [6.45, 7) is 2.47. The van der Waals surface area contributed by atoms with Gasteiger partial charge in [-0.15, -0.1) is 0 Å². The van der Waals surface area contributed by atoms with Gasteiger partial charge in [-0.2, -0.15) is 5.10 Å². The van der Waals surface area contributed by atoms with Crippen LogP contribution in [0.25, 0.3) is 0 Å². The molecule has 11 heavy (non-hydrogen) atoms. The summed E-state index contributed by atoms with van der Waals surface area (Å²) in [5.74, 6) is 0. The first-order chi connectivity index (χ1) is 5.27. The lowest BCUT2D eigenvalue weighted by Crippen LogP contribution is -2.16. The van der Waals surface area contributed by atoms with Gasteiger partial charge >= 0.3 is 0 Å². The molecule has 0 bridgehead atoms. The number of aliphatic hydroxyl groups excluding tert-OH is 1. The van der Waals surface area contributed by atoms with Gasteiger partial charge in [0.1, 0.15) is 5.01 Å². The third-order valence-corrected chi connectivity index (χ3v) is 2.31. The van der Waals surface area contributed by atoms with E-state index in [-0.39, 0.29) is 6.61 Å². The Morgan fingerprint density at radius 3 is 2.91 bits per heavy atom. The molecule has 5 heteroatoms. The summed E-state index contributed by atoms with van der Waals surface area (Å²) in [5, 5.41) is 21.0. The van der Waals surface area contributed by atoms with Crippen molar-refractivity contribution in [3.63, 3.8) is 0 Å². The van der Waals surface area contributed by atoms with Crippen molar-refractivity contribution in [3.8, 4) is 0 Å². The minimum absolute atomic E-state index is 0.0451. The second-order valence-corrected chi connectivity index (χ2v) is 3.16. The van der Waals surface area contributed by atoms with Crippen molar-refractivity contribution in [2.45, 2.75) is 19.9 Å². The third-order valence-electron chi connectivity index (χ3n) is 1.30. The van der Waals surface area contributed by atoms with Crippen molar-refractivity contribution in [3.05, 3.63) is 9.81 Å². The Morgan fingerprint density at radius 2 is 2.45 bits per heavy atom. The molecule has 1 aromatic heterocycles. The first kappa shape index (κ1) is 8.42. The average molecular weight is 173 g/mol. The summed E-state index contributed by atoms with van der Waals surface area (Å²) < 4.78 is 1.52. The van der Waals surface area contributed by atoms with E-state index in [0.29, 0.717) is 11.3 Å². The van der Waals surface area contributed by atoms with Gasteiger partial charge in [0.25, 0.3) is 0 Å². The van der Waals surface area contributed by atoms with Gasteiger partial charge in [-0.3, -0.25) is 5.41 Å². The van der Waals surface area contributed by atoms with E-state index in [1.807, 2.05) is 6.92 Å². The molecule has 0 radical (unpaired) electrons. The molecule has 0 aliphatic heterocycles. The highest BCUT2D eigenvalue weighted by Gasteiger charge is 1.99. The number of aryl methyl sites for hydroxylation is 1. The Labute approximate surface area is 68.6 Å². The van der Waals surface area contributed by atoms with Crippen molar-refractivity contribution >= 4 is 11.3 Å². The van der Waals surface area contributed by atoms with Crippen LogP contribution in [0, 0.1) is 5.41 Å². The van der Waals surface area contributed by atoms with Gasteiger partial charge in [0.15, 0.2) is 4.80 Å². The van der Waals surface area contributed by atoms with E-state index in [1.165, 1.54) is 16.0 Å². The van der Waals surface area contributed by atoms with E-state index in [2.05, 4.69) is 5.10 Å². The molecule has 0 saturated carbocycles. The van der Waals surface area contributed by atoms with Gasteiger partial charge in [0, 0.05) is 0 Å². The molecule has 1 aromatic rings. The third kappa shape index (κ3) is 1.87. The molecule has 0 saturated heterocycles. The average Bonchev–Trinajstić information content (AvgIpc) is 2.33. The maximum Gasteiger partial charge on any atom is 0.200 e. The van der Waals surface area contributed by atoms with Gasteiger partial charge in [-0.25, -0.2) is 4.68 Å². The molecule has 1 heterocycles. The van der Waals surface area contributed by atoms with Gasteiger partial charge in [-0.05, 0) is 6.42 Å². The molecule has 0 aliphatic rings. The van der Waals surface area contributed by atoms with Crippen molar-refractivity contribution in [2.24, 2.45) is 0 Å². The zero-order chi connectivity index (χ0) is 8.27. The molecule has 0 atom stereocenters. The second-order valence-electron chi connectivity index (χ2n) is 2.10. The van der Waals surface area contributed by atoms with E-state index in [9.17, 15) is 0 Å². The summed E-state index contributed by atoms with van der Waals surface area (Å²) in [6.07, 6.45) is 0.856. The minimum atomic E-state index is 0.0451. The Morgan fingerprint density at radius 1 is 1.73 bits per heavy atom. The van der Waals surface area contributed by atoms with Crippen LogP contribution in [0.1, 0.15) is 11.9 Å². The molecular formula is C6H11N3OS. The number of hydrogen-bond donors (Lipinski definition) is 2. The van der Waals surface area contributed by atoms with E-state index < -0.39 is 0 Å². The first-order valence-corrected chi connectivity index (χ1v) is 4.32. The lowest BCUT2D eigenvalue weighted by molar-refractivity contribution is 0.266. The van der Waals surface area contributed by atoms with Crippen molar-refractivity contribution in [1.82, 2.24) is 9.78 Å². The zero-order valence-electron chi connectivity index (χ0n) is 6.37. The fourth-order valence-electron chi connectivity index (χ4n) is 0.754. The smallest absolute Gasteiger partial charge is 0.200 e. The summed E-state index contributed by atoms with van der Waals surface area (Å²) in [4.78, 5) is 0.413. The molecule has 0 amide bonds. The van der Waals surface area contributed by atoms with Gasteiger partial charge in [0.05, 0.1) is 13.2 Å². The molecule has 4 nitrogen and oxygen atoms in total. The zero-order valence-corrected chi connectivity index (χ0v) is 7.19. The Kier molecular flexibility index (Phi) is 2.78. The number of nitrogens with zero attached hydrogens (tertiary/aromatic N) is 2. The highest BCUT2D eigenvalue weighted by Crippen LogP contribution is 1.97. The summed E-state index contributed by atoms with van der Waals surface area (Å²) >= 11 is 1.36. The SMILES string of the molecule is CCc1nn(CCO)c(=N)s1. The van der Waals surface area contributed by atoms with Crippen LogP contribution < -0.4 is 4.80 Å². The first-order valence-electron chi connectivity index (χ1n) is 3.50. The lowest BCUT2D eigenvalue weighted by atomic mass is 10.5. The predicted octanol–water partition coefficient (Wildman–Crippen LogP) is -0.0212. The molecule has 0 fully saturated rings. The molecule has 0 unspecified atom stereocenters. The number of aromatic nitrogens is 2. The van der Waals surface area contributed by atoms with Crippen LogP contribution in [0.5, 0.6) is 0 Å². The van der Waals surface area contributed by atoms with Crippen LogP contribution in [0.3, 0.4) is 0 Å². The highest BCUT2D eigenvalue weighted by atomic mass is 32.1. The number of nitrogens with one attached hydrogen (secondary N) is 1. The topological polar surface area (TPSA) is 61.9 Å². The Balaban J connectivity index is 2.88. The van der Waals surface area contributed by atoms with Gasteiger partial charge in [0.2, 0.25) is 0 Å². The van der Waals surface area contributed by atoms with Gasteiger partial charge in [-0.1, -0.05) is 18.3 Å². The highest BCUT2D eigenvalue weighted by molar-refractivity contribution is 7.08. The van der Waals surface area contributed by atoms with Crippen LogP contribution >= 0.6 is 11.3 Å². The second kappa shape index (κ2) is 3.64. The van der Waals surface area contributed by atoms with Crippen molar-refractivity contribution in [1.29, 1.82) is 5.41 Å². The number of hydrogen-bond acceptors (Lipinski definition) is 4. The standard InChI is InChI=1S/C6H11N3OS/c1-2-5-8-9(3-4-10)6(7)11-5/h7,10H,2-4H2,1H3. The van der Waals surface area contributed by atoms with E-state index in [4.69, 9.17) is 10.5 Å². The van der Waals surface area contributed by atoms with Crippen LogP contribution in [0.2, 0.25) is 0 Å². The minimum Gasteiger partial charge on any atom is -0.394 e. The van der Waals surface area contributed by atoms with Crippen LogP contribution in [0.15, 0.2) is 0 Å². The lowest BCUT2D eigenvalue weighted by Gasteiger charge is -1.93.